The number of aromatic nitrogens is 3. The van der Waals surface area contributed by atoms with Crippen molar-refractivity contribution in [3.05, 3.63) is 23.7 Å². The van der Waals surface area contributed by atoms with E-state index in [2.05, 4.69) is 4.90 Å². The molecular formula is C19H25N5O2. The Labute approximate surface area is 152 Å². The van der Waals surface area contributed by atoms with Gasteiger partial charge in [0, 0.05) is 50.7 Å². The predicted octanol–water partition coefficient (Wildman–Crippen LogP) is 1.29. The molecule has 2 saturated heterocycles. The molecule has 2 aromatic heterocycles. The highest BCUT2D eigenvalue weighted by atomic mass is 16.5. The number of rotatable bonds is 2. The summed E-state index contributed by atoms with van der Waals surface area (Å²) in [4.78, 5) is 21.6. The summed E-state index contributed by atoms with van der Waals surface area (Å²) >= 11 is 0. The smallest absolute Gasteiger partial charge is 0.228 e. The van der Waals surface area contributed by atoms with Crippen molar-refractivity contribution in [2.24, 2.45) is 5.92 Å². The van der Waals surface area contributed by atoms with Crippen molar-refractivity contribution >= 4 is 17.2 Å². The third-order valence-electron chi connectivity index (χ3n) is 5.97. The van der Waals surface area contributed by atoms with Gasteiger partial charge in [-0.15, -0.1) is 0 Å². The number of amides is 1. The Balaban J connectivity index is 1.36. The second kappa shape index (κ2) is 6.54. The van der Waals surface area contributed by atoms with Gasteiger partial charge in [-0.2, -0.15) is 5.10 Å². The van der Waals surface area contributed by atoms with Crippen molar-refractivity contribution < 1.29 is 9.53 Å². The second-order valence-corrected chi connectivity index (χ2v) is 7.55. The molecule has 1 amide bonds. The van der Waals surface area contributed by atoms with Crippen molar-refractivity contribution in [3.63, 3.8) is 0 Å². The molecule has 138 valence electrons. The van der Waals surface area contributed by atoms with Crippen LogP contribution in [0.1, 0.15) is 30.5 Å². The van der Waals surface area contributed by atoms with Crippen molar-refractivity contribution in [3.8, 4) is 0 Å². The van der Waals surface area contributed by atoms with Gasteiger partial charge in [0.2, 0.25) is 5.91 Å². The number of aryl methyl sites for hydroxylation is 2. The first-order chi connectivity index (χ1) is 12.8. The highest BCUT2D eigenvalue weighted by molar-refractivity contribution is 5.80. The Kier molecular flexibility index (Phi) is 4.04. The van der Waals surface area contributed by atoms with Crippen LogP contribution in [0.4, 0.5) is 5.82 Å². The fraction of sp³-hybridized carbons (Fsp3) is 0.632. The maximum atomic E-state index is 12.6. The van der Waals surface area contributed by atoms with Crippen LogP contribution in [0.15, 0.2) is 12.4 Å². The molecule has 7 nitrogen and oxygen atoms in total. The van der Waals surface area contributed by atoms with E-state index in [0.717, 1.165) is 51.3 Å². The van der Waals surface area contributed by atoms with E-state index in [0.29, 0.717) is 13.2 Å². The van der Waals surface area contributed by atoms with Crippen LogP contribution < -0.4 is 4.90 Å². The van der Waals surface area contributed by atoms with E-state index in [-0.39, 0.29) is 11.8 Å². The van der Waals surface area contributed by atoms with Crippen molar-refractivity contribution in [1.82, 2.24) is 19.5 Å². The molecule has 5 rings (SSSR count). The van der Waals surface area contributed by atoms with E-state index in [1.54, 1.807) is 0 Å². The molecule has 0 N–H and O–H groups in total. The van der Waals surface area contributed by atoms with E-state index in [4.69, 9.17) is 14.8 Å². The lowest BCUT2D eigenvalue weighted by atomic mass is 9.97. The molecule has 2 aliphatic heterocycles. The summed E-state index contributed by atoms with van der Waals surface area (Å²) in [5, 5.41) is 4.78. The van der Waals surface area contributed by atoms with Crippen LogP contribution in [-0.4, -0.2) is 64.8 Å². The quantitative estimate of drug-likeness (QED) is 0.812. The zero-order valence-electron chi connectivity index (χ0n) is 15.1. The SMILES string of the molecule is O=C([C@@H]1CCOC1)N1CCN(c2nccn3nc4c(c23)CCCC4)CC1. The number of hydrogen-bond donors (Lipinski definition) is 0. The highest BCUT2D eigenvalue weighted by Crippen LogP contribution is 2.30. The van der Waals surface area contributed by atoms with Gasteiger partial charge in [0.1, 0.15) is 5.52 Å². The first-order valence-electron chi connectivity index (χ1n) is 9.78. The number of ether oxygens (including phenoxy) is 1. The van der Waals surface area contributed by atoms with Crippen LogP contribution in [0.2, 0.25) is 0 Å². The summed E-state index contributed by atoms with van der Waals surface area (Å²) in [6, 6.07) is 0. The van der Waals surface area contributed by atoms with Gasteiger partial charge in [-0.3, -0.25) is 4.79 Å². The monoisotopic (exact) mass is 355 g/mol. The number of hydrogen-bond acceptors (Lipinski definition) is 5. The standard InChI is InChI=1S/C19H25N5O2/c25-19(14-5-12-26-13-14)23-10-8-22(9-11-23)18-17-15-3-1-2-4-16(15)21-24(17)7-6-20-18/h6-7,14H,1-5,8-13H2/t14-/m1/s1. The number of carbonyl (C=O) groups excluding carboxylic acids is 1. The van der Waals surface area contributed by atoms with Crippen LogP contribution in [0, 0.1) is 5.92 Å². The zero-order chi connectivity index (χ0) is 17.5. The summed E-state index contributed by atoms with van der Waals surface area (Å²) in [5.74, 6) is 1.35. The molecule has 1 atom stereocenters. The van der Waals surface area contributed by atoms with Gasteiger partial charge in [-0.05, 0) is 32.1 Å². The number of piperazine rings is 1. The lowest BCUT2D eigenvalue weighted by Gasteiger charge is -2.36. The molecule has 0 unspecified atom stereocenters. The number of fused-ring (bicyclic) bond motifs is 3. The fourth-order valence-corrected chi connectivity index (χ4v) is 4.50. The van der Waals surface area contributed by atoms with Gasteiger partial charge in [0.05, 0.1) is 18.2 Å². The molecule has 2 fully saturated rings. The molecule has 0 spiro atoms. The van der Waals surface area contributed by atoms with Crippen molar-refractivity contribution in [2.75, 3.05) is 44.3 Å². The van der Waals surface area contributed by atoms with Crippen molar-refractivity contribution in [1.29, 1.82) is 0 Å². The number of nitrogens with zero attached hydrogens (tertiary/aromatic N) is 5. The Morgan fingerprint density at radius 2 is 2.00 bits per heavy atom. The number of carbonyl (C=O) groups is 1. The number of anilines is 1. The van der Waals surface area contributed by atoms with Crippen LogP contribution in [0.25, 0.3) is 5.52 Å². The Morgan fingerprint density at radius 1 is 1.15 bits per heavy atom. The molecule has 26 heavy (non-hydrogen) atoms. The molecule has 3 aliphatic rings. The fourth-order valence-electron chi connectivity index (χ4n) is 4.50. The van der Waals surface area contributed by atoms with Crippen molar-refractivity contribution in [2.45, 2.75) is 32.1 Å². The zero-order valence-corrected chi connectivity index (χ0v) is 15.1. The molecule has 2 aromatic rings. The minimum absolute atomic E-state index is 0.0601. The van der Waals surface area contributed by atoms with Crippen LogP contribution >= 0.6 is 0 Å². The Hall–Kier alpha value is -2.15. The molecule has 0 bridgehead atoms. The third kappa shape index (κ3) is 2.65. The summed E-state index contributed by atoms with van der Waals surface area (Å²) in [7, 11) is 0. The van der Waals surface area contributed by atoms with Crippen LogP contribution in [-0.2, 0) is 22.4 Å². The minimum atomic E-state index is 0.0601. The Bertz CT molecular complexity index is 819. The van der Waals surface area contributed by atoms with E-state index in [1.165, 1.54) is 29.6 Å². The summed E-state index contributed by atoms with van der Waals surface area (Å²) in [6.07, 6.45) is 9.28. The largest absolute Gasteiger partial charge is 0.381 e. The van der Waals surface area contributed by atoms with Crippen LogP contribution in [0.3, 0.4) is 0 Å². The predicted molar refractivity (Wildman–Crippen MR) is 97.3 cm³/mol. The summed E-state index contributed by atoms with van der Waals surface area (Å²) < 4.78 is 7.38. The average Bonchev–Trinajstić information content (AvgIpc) is 3.35. The highest BCUT2D eigenvalue weighted by Gasteiger charge is 2.31. The van der Waals surface area contributed by atoms with Gasteiger partial charge >= 0.3 is 0 Å². The van der Waals surface area contributed by atoms with Crippen LogP contribution in [0.5, 0.6) is 0 Å². The Morgan fingerprint density at radius 3 is 2.81 bits per heavy atom. The minimum Gasteiger partial charge on any atom is -0.381 e. The molecular weight excluding hydrogens is 330 g/mol. The summed E-state index contributed by atoms with van der Waals surface area (Å²) in [6.45, 7) is 4.47. The first-order valence-corrected chi connectivity index (χ1v) is 9.78. The first kappa shape index (κ1) is 16.1. The normalized spacial score (nSPS) is 23.5. The van der Waals surface area contributed by atoms with E-state index >= 15 is 0 Å². The van der Waals surface area contributed by atoms with Gasteiger partial charge in [-0.25, -0.2) is 9.50 Å². The molecule has 0 radical (unpaired) electrons. The maximum Gasteiger partial charge on any atom is 0.228 e. The van der Waals surface area contributed by atoms with E-state index in [1.807, 2.05) is 21.8 Å². The molecule has 0 aromatic carbocycles. The van der Waals surface area contributed by atoms with Gasteiger partial charge in [-0.1, -0.05) is 0 Å². The second-order valence-electron chi connectivity index (χ2n) is 7.55. The van der Waals surface area contributed by atoms with E-state index in [9.17, 15) is 4.79 Å². The molecule has 1 aliphatic carbocycles. The average molecular weight is 355 g/mol. The molecule has 4 heterocycles. The van der Waals surface area contributed by atoms with Gasteiger partial charge in [0.25, 0.3) is 0 Å². The maximum absolute atomic E-state index is 12.6. The molecule has 0 saturated carbocycles. The van der Waals surface area contributed by atoms with Gasteiger partial charge < -0.3 is 14.5 Å². The van der Waals surface area contributed by atoms with E-state index < -0.39 is 0 Å². The van der Waals surface area contributed by atoms with Gasteiger partial charge in [0.15, 0.2) is 5.82 Å². The topological polar surface area (TPSA) is 63.0 Å². The lowest BCUT2D eigenvalue weighted by Crippen LogP contribution is -2.50. The summed E-state index contributed by atoms with van der Waals surface area (Å²) in [5.41, 5.74) is 3.78. The lowest BCUT2D eigenvalue weighted by molar-refractivity contribution is -0.135. The third-order valence-corrected chi connectivity index (χ3v) is 5.97. The molecule has 7 heteroatoms.